The maximum absolute atomic E-state index is 12.9. The highest BCUT2D eigenvalue weighted by Gasteiger charge is 2.29. The van der Waals surface area contributed by atoms with Crippen molar-refractivity contribution in [2.24, 2.45) is 0 Å². The Bertz CT molecular complexity index is 843. The van der Waals surface area contributed by atoms with E-state index in [0.29, 0.717) is 17.2 Å². The SMILES string of the molecule is CC[C@@H]1c2ccsc2CCN1C(=O)/C=C/c1cc(OC)c(OC)cc1OC. The van der Waals surface area contributed by atoms with Gasteiger partial charge in [0.25, 0.3) is 0 Å². The Morgan fingerprint density at radius 1 is 1.19 bits per heavy atom. The zero-order valence-electron chi connectivity index (χ0n) is 16.2. The number of benzene rings is 1. The number of nitrogens with zero attached hydrogens (tertiary/aromatic N) is 1. The summed E-state index contributed by atoms with van der Waals surface area (Å²) in [7, 11) is 4.76. The van der Waals surface area contributed by atoms with Crippen LogP contribution in [0.1, 0.15) is 35.4 Å². The summed E-state index contributed by atoms with van der Waals surface area (Å²) in [5.74, 6) is 1.82. The van der Waals surface area contributed by atoms with Gasteiger partial charge in [-0.1, -0.05) is 6.92 Å². The van der Waals surface area contributed by atoms with Crippen LogP contribution >= 0.6 is 11.3 Å². The molecule has 0 fully saturated rings. The standard InChI is InChI=1S/C21H25NO4S/c1-5-16-15-9-11-27-20(15)8-10-22(16)21(23)7-6-14-12-18(25-3)19(26-4)13-17(14)24-2/h6-7,9,11-13,16H,5,8,10H2,1-4H3/b7-6+/t16-/m1/s1. The van der Waals surface area contributed by atoms with Crippen LogP contribution in [0.25, 0.3) is 6.08 Å². The van der Waals surface area contributed by atoms with Crippen LogP contribution in [-0.2, 0) is 11.2 Å². The molecule has 1 amide bonds. The van der Waals surface area contributed by atoms with Crippen LogP contribution in [0, 0.1) is 0 Å². The van der Waals surface area contributed by atoms with Gasteiger partial charge in [0, 0.05) is 29.1 Å². The van der Waals surface area contributed by atoms with E-state index in [9.17, 15) is 4.79 Å². The highest BCUT2D eigenvalue weighted by molar-refractivity contribution is 7.10. The number of fused-ring (bicyclic) bond motifs is 1. The van der Waals surface area contributed by atoms with Gasteiger partial charge in [-0.3, -0.25) is 4.79 Å². The van der Waals surface area contributed by atoms with Gasteiger partial charge in [-0.2, -0.15) is 0 Å². The van der Waals surface area contributed by atoms with Crippen molar-refractivity contribution in [2.45, 2.75) is 25.8 Å². The lowest BCUT2D eigenvalue weighted by molar-refractivity contribution is -0.128. The van der Waals surface area contributed by atoms with E-state index in [1.807, 2.05) is 11.0 Å². The van der Waals surface area contributed by atoms with Gasteiger partial charge in [-0.05, 0) is 42.0 Å². The van der Waals surface area contributed by atoms with E-state index < -0.39 is 0 Å². The number of rotatable bonds is 6. The van der Waals surface area contributed by atoms with Crippen molar-refractivity contribution in [3.8, 4) is 17.2 Å². The third kappa shape index (κ3) is 3.81. The van der Waals surface area contributed by atoms with Gasteiger partial charge >= 0.3 is 0 Å². The fourth-order valence-electron chi connectivity index (χ4n) is 3.54. The van der Waals surface area contributed by atoms with Gasteiger partial charge in [0.2, 0.25) is 5.91 Å². The summed E-state index contributed by atoms with van der Waals surface area (Å²) in [6.45, 7) is 2.87. The Kier molecular flexibility index (Phi) is 6.06. The highest BCUT2D eigenvalue weighted by atomic mass is 32.1. The van der Waals surface area contributed by atoms with E-state index in [-0.39, 0.29) is 11.9 Å². The first kappa shape index (κ1) is 19.3. The lowest BCUT2D eigenvalue weighted by atomic mass is 9.97. The number of carbonyl (C=O) groups is 1. The number of ether oxygens (including phenoxy) is 3. The number of thiophene rings is 1. The molecule has 1 aliphatic rings. The zero-order valence-corrected chi connectivity index (χ0v) is 17.0. The molecule has 0 radical (unpaired) electrons. The number of hydrogen-bond acceptors (Lipinski definition) is 5. The van der Waals surface area contributed by atoms with Crippen LogP contribution in [0.15, 0.2) is 29.7 Å². The van der Waals surface area contributed by atoms with Crippen molar-refractivity contribution in [3.05, 3.63) is 45.7 Å². The molecule has 0 unspecified atom stereocenters. The molecule has 0 bridgehead atoms. The van der Waals surface area contributed by atoms with Crippen LogP contribution < -0.4 is 14.2 Å². The minimum atomic E-state index is 0.00976. The van der Waals surface area contributed by atoms with Crippen LogP contribution in [0.2, 0.25) is 0 Å². The van der Waals surface area contributed by atoms with Crippen molar-refractivity contribution >= 4 is 23.3 Å². The predicted molar refractivity (Wildman–Crippen MR) is 108 cm³/mol. The molecule has 144 valence electrons. The largest absolute Gasteiger partial charge is 0.496 e. The van der Waals surface area contributed by atoms with Crippen LogP contribution in [0.3, 0.4) is 0 Å². The molecule has 0 saturated heterocycles. The Labute approximate surface area is 164 Å². The van der Waals surface area contributed by atoms with E-state index in [4.69, 9.17) is 14.2 Å². The molecular formula is C21H25NO4S. The first-order valence-corrected chi connectivity index (χ1v) is 9.85. The molecule has 2 heterocycles. The molecule has 0 aliphatic carbocycles. The molecule has 0 N–H and O–H groups in total. The molecule has 27 heavy (non-hydrogen) atoms. The molecule has 2 aromatic rings. The monoisotopic (exact) mass is 387 g/mol. The summed E-state index contributed by atoms with van der Waals surface area (Å²) in [5, 5.41) is 2.12. The Hall–Kier alpha value is -2.47. The maximum atomic E-state index is 12.9. The van der Waals surface area contributed by atoms with Gasteiger partial charge in [0.05, 0.1) is 27.4 Å². The first-order valence-electron chi connectivity index (χ1n) is 8.97. The van der Waals surface area contributed by atoms with Gasteiger partial charge < -0.3 is 19.1 Å². The lowest BCUT2D eigenvalue weighted by Gasteiger charge is -2.34. The minimum Gasteiger partial charge on any atom is -0.496 e. The van der Waals surface area contributed by atoms with E-state index in [1.54, 1.807) is 50.9 Å². The van der Waals surface area contributed by atoms with Crippen molar-refractivity contribution in [2.75, 3.05) is 27.9 Å². The van der Waals surface area contributed by atoms with Gasteiger partial charge in [0.15, 0.2) is 11.5 Å². The van der Waals surface area contributed by atoms with Crippen molar-refractivity contribution in [3.63, 3.8) is 0 Å². The predicted octanol–water partition coefficient (Wildman–Crippen LogP) is 4.32. The number of carbonyl (C=O) groups excluding carboxylic acids is 1. The average Bonchev–Trinajstić information content (AvgIpc) is 3.19. The molecule has 6 heteroatoms. The van der Waals surface area contributed by atoms with E-state index >= 15 is 0 Å². The van der Waals surface area contributed by atoms with Crippen molar-refractivity contribution < 1.29 is 19.0 Å². The molecule has 1 aliphatic heterocycles. The third-order valence-electron chi connectivity index (χ3n) is 4.91. The Balaban J connectivity index is 1.85. The Morgan fingerprint density at radius 2 is 1.89 bits per heavy atom. The van der Waals surface area contributed by atoms with Crippen LogP contribution in [0.5, 0.6) is 17.2 Å². The molecular weight excluding hydrogens is 362 g/mol. The average molecular weight is 388 g/mol. The van der Waals surface area contributed by atoms with E-state index in [0.717, 1.165) is 24.9 Å². The summed E-state index contributed by atoms with van der Waals surface area (Å²) >= 11 is 1.78. The van der Waals surface area contributed by atoms with Crippen LogP contribution in [0.4, 0.5) is 0 Å². The van der Waals surface area contributed by atoms with Crippen molar-refractivity contribution in [1.82, 2.24) is 4.90 Å². The zero-order chi connectivity index (χ0) is 19.4. The quantitative estimate of drug-likeness (QED) is 0.693. The van der Waals surface area contributed by atoms with Crippen LogP contribution in [-0.4, -0.2) is 38.7 Å². The molecule has 0 saturated carbocycles. The fraction of sp³-hybridized carbons (Fsp3) is 0.381. The summed E-state index contributed by atoms with van der Waals surface area (Å²) < 4.78 is 16.1. The second kappa shape index (κ2) is 8.48. The van der Waals surface area contributed by atoms with Crippen molar-refractivity contribution in [1.29, 1.82) is 0 Å². The molecule has 1 aromatic carbocycles. The van der Waals surface area contributed by atoms with Gasteiger partial charge in [0.1, 0.15) is 5.75 Å². The third-order valence-corrected chi connectivity index (χ3v) is 5.90. The minimum absolute atomic E-state index is 0.00976. The summed E-state index contributed by atoms with van der Waals surface area (Å²) in [5.41, 5.74) is 2.06. The van der Waals surface area contributed by atoms with Gasteiger partial charge in [-0.15, -0.1) is 11.3 Å². The summed E-state index contributed by atoms with van der Waals surface area (Å²) in [6, 6.07) is 5.86. The van der Waals surface area contributed by atoms with Gasteiger partial charge in [-0.25, -0.2) is 0 Å². The summed E-state index contributed by atoms with van der Waals surface area (Å²) in [6.07, 6.45) is 5.22. The lowest BCUT2D eigenvalue weighted by Crippen LogP contribution is -2.38. The first-order chi connectivity index (χ1) is 13.1. The normalized spacial score (nSPS) is 16.3. The molecule has 3 rings (SSSR count). The highest BCUT2D eigenvalue weighted by Crippen LogP contribution is 2.37. The fourth-order valence-corrected chi connectivity index (χ4v) is 4.47. The van der Waals surface area contributed by atoms with E-state index in [1.165, 1.54) is 10.4 Å². The summed E-state index contributed by atoms with van der Waals surface area (Å²) in [4.78, 5) is 16.3. The maximum Gasteiger partial charge on any atom is 0.247 e. The number of amides is 1. The second-order valence-corrected chi connectivity index (χ2v) is 7.29. The second-order valence-electron chi connectivity index (χ2n) is 6.29. The van der Waals surface area contributed by atoms with E-state index in [2.05, 4.69) is 18.4 Å². The number of hydrogen-bond donors (Lipinski definition) is 0. The molecule has 1 aromatic heterocycles. The molecule has 1 atom stereocenters. The molecule has 0 spiro atoms. The smallest absolute Gasteiger partial charge is 0.247 e. The molecule has 5 nitrogen and oxygen atoms in total. The topological polar surface area (TPSA) is 48.0 Å². The number of methoxy groups -OCH3 is 3. The Morgan fingerprint density at radius 3 is 2.56 bits per heavy atom.